The summed E-state index contributed by atoms with van der Waals surface area (Å²) in [5.74, 6) is -0.0587. The first-order valence-electron chi connectivity index (χ1n) is 8.60. The maximum absolute atomic E-state index is 12.8. The molecule has 8 heteroatoms. The van der Waals surface area contributed by atoms with Gasteiger partial charge in [-0.1, -0.05) is 58.7 Å². The summed E-state index contributed by atoms with van der Waals surface area (Å²) < 4.78 is 6.18. The highest BCUT2D eigenvalue weighted by molar-refractivity contribution is 7.22. The van der Waals surface area contributed by atoms with Gasteiger partial charge in [0.05, 0.1) is 10.4 Å². The number of anilines is 1. The maximum atomic E-state index is 12.8. The van der Waals surface area contributed by atoms with Gasteiger partial charge in [-0.3, -0.25) is 10.1 Å². The Morgan fingerprint density at radius 2 is 1.86 bits per heavy atom. The third-order valence-electron chi connectivity index (χ3n) is 4.41. The van der Waals surface area contributed by atoms with E-state index in [-0.39, 0.29) is 11.8 Å². The average Bonchev–Trinajstić information content (AvgIpc) is 3.36. The minimum Gasteiger partial charge on any atom is -0.338 e. The van der Waals surface area contributed by atoms with E-state index in [1.165, 1.54) is 11.3 Å². The minimum absolute atomic E-state index is 0.247. The highest BCUT2D eigenvalue weighted by Crippen LogP contribution is 2.36. The van der Waals surface area contributed by atoms with E-state index in [0.29, 0.717) is 20.7 Å². The van der Waals surface area contributed by atoms with Crippen LogP contribution in [0.3, 0.4) is 0 Å². The lowest BCUT2D eigenvalue weighted by Crippen LogP contribution is -2.09. The molecule has 142 valence electrons. The molecule has 3 heterocycles. The van der Waals surface area contributed by atoms with Crippen LogP contribution in [0.5, 0.6) is 0 Å². The van der Waals surface area contributed by atoms with E-state index < -0.39 is 0 Å². The zero-order valence-electron chi connectivity index (χ0n) is 14.6. The molecule has 1 amide bonds. The fourth-order valence-corrected chi connectivity index (χ4v) is 4.65. The topological polar surface area (TPSA) is 68.0 Å². The van der Waals surface area contributed by atoms with Crippen LogP contribution in [0.4, 0.5) is 5.88 Å². The summed E-state index contributed by atoms with van der Waals surface area (Å²) in [6.07, 6.45) is 0. The molecule has 0 spiro atoms. The largest absolute Gasteiger partial charge is 0.338 e. The molecule has 5 aromatic rings. The molecule has 0 saturated carbocycles. The van der Waals surface area contributed by atoms with Gasteiger partial charge < -0.3 is 4.52 Å². The molecular weight excluding hydrogens is 429 g/mol. The van der Waals surface area contributed by atoms with Crippen LogP contribution in [0.25, 0.3) is 32.2 Å². The molecule has 5 rings (SSSR count). The van der Waals surface area contributed by atoms with Gasteiger partial charge in [0.1, 0.15) is 10.8 Å². The minimum atomic E-state index is -0.305. The summed E-state index contributed by atoms with van der Waals surface area (Å²) in [6.45, 7) is 0. The number of amides is 1. The van der Waals surface area contributed by atoms with Crippen LogP contribution in [-0.4, -0.2) is 16.0 Å². The lowest BCUT2D eigenvalue weighted by atomic mass is 10.1. The van der Waals surface area contributed by atoms with Gasteiger partial charge in [-0.15, -0.1) is 11.3 Å². The van der Waals surface area contributed by atoms with E-state index in [1.807, 2.05) is 36.4 Å². The number of halogens is 2. The fraction of sp³-hybridized carbons (Fsp3) is 0. The Morgan fingerprint density at radius 3 is 2.72 bits per heavy atom. The Kier molecular flexibility index (Phi) is 4.47. The van der Waals surface area contributed by atoms with Gasteiger partial charge in [0.15, 0.2) is 0 Å². The second-order valence-electron chi connectivity index (χ2n) is 6.31. The Bertz CT molecular complexity index is 1390. The molecule has 0 aliphatic carbocycles. The molecular formula is C21H11Cl2N3O2S. The van der Waals surface area contributed by atoms with Crippen LogP contribution in [0.2, 0.25) is 10.2 Å². The van der Waals surface area contributed by atoms with E-state index in [1.54, 1.807) is 24.3 Å². The summed E-state index contributed by atoms with van der Waals surface area (Å²) in [5, 5.41) is 9.41. The van der Waals surface area contributed by atoms with Crippen molar-refractivity contribution in [3.63, 3.8) is 0 Å². The molecule has 0 saturated heterocycles. The summed E-state index contributed by atoms with van der Waals surface area (Å²) in [6, 6.07) is 18.3. The molecule has 0 radical (unpaired) electrons. The number of aromatic nitrogens is 2. The van der Waals surface area contributed by atoms with Gasteiger partial charge in [-0.2, -0.15) is 0 Å². The highest BCUT2D eigenvalue weighted by Gasteiger charge is 2.17. The molecule has 0 aliphatic rings. The fourth-order valence-electron chi connectivity index (χ4n) is 3.08. The van der Waals surface area contributed by atoms with Gasteiger partial charge in [0.2, 0.25) is 5.88 Å². The van der Waals surface area contributed by atoms with Crippen molar-refractivity contribution in [2.45, 2.75) is 0 Å². The molecule has 2 aromatic carbocycles. The summed E-state index contributed by atoms with van der Waals surface area (Å²) in [7, 11) is 0. The summed E-state index contributed by atoms with van der Waals surface area (Å²) in [4.78, 5) is 17.7. The first kappa shape index (κ1) is 18.1. The zero-order chi connectivity index (χ0) is 20.0. The van der Waals surface area contributed by atoms with Crippen molar-refractivity contribution in [2.24, 2.45) is 0 Å². The molecule has 5 nitrogen and oxygen atoms in total. The SMILES string of the molecule is O=C(Nc1cc(-c2cccc(Cl)c2)no1)c1cc2c(Cl)nc3ccccc3c2s1. The van der Waals surface area contributed by atoms with Crippen molar-refractivity contribution in [3.05, 3.63) is 75.7 Å². The first-order chi connectivity index (χ1) is 14.1. The predicted octanol–water partition coefficient (Wildman–Crippen LogP) is 6.66. The van der Waals surface area contributed by atoms with Crippen molar-refractivity contribution >= 4 is 67.3 Å². The molecule has 1 N–H and O–H groups in total. The van der Waals surface area contributed by atoms with Crippen LogP contribution in [-0.2, 0) is 0 Å². The standard InChI is InChI=1S/C21H11Cl2N3O2S/c22-12-5-3-4-11(8-12)16-10-18(28-26-16)25-21(27)17-9-14-19(29-17)13-6-1-2-7-15(13)24-20(14)23/h1-10H,(H,25,27). The van der Waals surface area contributed by atoms with E-state index in [2.05, 4.69) is 15.5 Å². The molecule has 0 aliphatic heterocycles. The second kappa shape index (κ2) is 7.15. The summed E-state index contributed by atoms with van der Waals surface area (Å²) >= 11 is 13.7. The first-order valence-corrected chi connectivity index (χ1v) is 10.2. The quantitative estimate of drug-likeness (QED) is 0.319. The Balaban J connectivity index is 1.46. The van der Waals surface area contributed by atoms with Crippen LogP contribution >= 0.6 is 34.5 Å². The number of carbonyl (C=O) groups is 1. The monoisotopic (exact) mass is 439 g/mol. The number of fused-ring (bicyclic) bond motifs is 3. The van der Waals surface area contributed by atoms with Crippen LogP contribution in [0.15, 0.2) is 65.2 Å². The third-order valence-corrected chi connectivity index (χ3v) is 6.10. The number of hydrogen-bond acceptors (Lipinski definition) is 5. The van der Waals surface area contributed by atoms with Crippen LogP contribution < -0.4 is 5.32 Å². The molecule has 29 heavy (non-hydrogen) atoms. The number of thiophene rings is 1. The average molecular weight is 440 g/mol. The number of nitrogens with one attached hydrogen (secondary N) is 1. The predicted molar refractivity (Wildman–Crippen MR) is 117 cm³/mol. The Hall–Kier alpha value is -2.93. The lowest BCUT2D eigenvalue weighted by molar-refractivity contribution is 0.102. The number of nitrogens with zero attached hydrogens (tertiary/aromatic N) is 2. The van der Waals surface area contributed by atoms with E-state index >= 15 is 0 Å². The van der Waals surface area contributed by atoms with Crippen molar-refractivity contribution in [1.29, 1.82) is 0 Å². The van der Waals surface area contributed by atoms with Crippen molar-refractivity contribution in [2.75, 3.05) is 5.32 Å². The van der Waals surface area contributed by atoms with Crippen molar-refractivity contribution in [1.82, 2.24) is 10.1 Å². The van der Waals surface area contributed by atoms with Gasteiger partial charge >= 0.3 is 0 Å². The zero-order valence-corrected chi connectivity index (χ0v) is 17.0. The van der Waals surface area contributed by atoms with E-state index in [9.17, 15) is 4.79 Å². The lowest BCUT2D eigenvalue weighted by Gasteiger charge is -1.99. The summed E-state index contributed by atoms with van der Waals surface area (Å²) in [5.41, 5.74) is 2.17. The van der Waals surface area contributed by atoms with Gasteiger partial charge in [-0.25, -0.2) is 4.98 Å². The number of rotatable bonds is 3. The molecule has 3 aromatic heterocycles. The number of hydrogen-bond donors (Lipinski definition) is 1. The van der Waals surface area contributed by atoms with E-state index in [0.717, 1.165) is 26.6 Å². The third kappa shape index (κ3) is 3.35. The molecule has 0 atom stereocenters. The number of para-hydroxylation sites is 1. The van der Waals surface area contributed by atoms with Gasteiger partial charge in [-0.05, 0) is 24.3 Å². The Morgan fingerprint density at radius 1 is 1.00 bits per heavy atom. The highest BCUT2D eigenvalue weighted by atomic mass is 35.5. The number of benzene rings is 2. The second-order valence-corrected chi connectivity index (χ2v) is 8.16. The van der Waals surface area contributed by atoms with Gasteiger partial charge in [0.25, 0.3) is 5.91 Å². The van der Waals surface area contributed by atoms with Crippen LogP contribution in [0, 0.1) is 0 Å². The van der Waals surface area contributed by atoms with Crippen molar-refractivity contribution < 1.29 is 9.32 Å². The molecule has 0 unspecified atom stereocenters. The Labute approximate surface area is 178 Å². The number of pyridine rings is 1. The normalized spacial score (nSPS) is 11.2. The van der Waals surface area contributed by atoms with Gasteiger partial charge in [0, 0.05) is 32.1 Å². The number of carbonyl (C=O) groups excluding carboxylic acids is 1. The maximum Gasteiger partial charge on any atom is 0.268 e. The molecule has 0 fully saturated rings. The van der Waals surface area contributed by atoms with Crippen molar-refractivity contribution in [3.8, 4) is 11.3 Å². The van der Waals surface area contributed by atoms with E-state index in [4.69, 9.17) is 27.7 Å². The van der Waals surface area contributed by atoms with Crippen LogP contribution in [0.1, 0.15) is 9.67 Å². The smallest absolute Gasteiger partial charge is 0.268 e. The molecule has 0 bridgehead atoms.